The summed E-state index contributed by atoms with van der Waals surface area (Å²) in [6, 6.07) is 11.7. The van der Waals surface area contributed by atoms with Crippen LogP contribution in [-0.4, -0.2) is 227 Å². The molecule has 1 unspecified atom stereocenters. The van der Waals surface area contributed by atoms with Gasteiger partial charge in [0.05, 0.1) is 16.7 Å². The van der Waals surface area contributed by atoms with E-state index in [1.807, 2.05) is 48.7 Å². The highest BCUT2D eigenvalue weighted by molar-refractivity contribution is 6.06. The largest absolute Gasteiger partial charge is 0.478 e. The van der Waals surface area contributed by atoms with Crippen LogP contribution in [0.5, 0.6) is 0 Å². The summed E-state index contributed by atoms with van der Waals surface area (Å²) >= 11 is 0. The molecule has 3 N–H and O–H groups in total. The van der Waals surface area contributed by atoms with E-state index in [0.29, 0.717) is 65.2 Å². The van der Waals surface area contributed by atoms with Gasteiger partial charge in [0.1, 0.15) is 0 Å². The van der Waals surface area contributed by atoms with Crippen LogP contribution in [0.2, 0.25) is 0 Å². The van der Waals surface area contributed by atoms with Crippen molar-refractivity contribution in [1.29, 1.82) is 0 Å². The third-order valence-corrected chi connectivity index (χ3v) is 16.0. The standard InChI is InChI=1S/C55H70N8O12/c1-8-54(5)31-60(47(66)38-22-36(25-42(27-38)51(70)71)45(64)58-14-10-56(6)11-15-58)18-19-61(32-54)48(67)39-24-41(30-44(28-39)53(74)75)50(69)63-21-20-62(33-55(9-2,34-63)35(3)4)49(68)40-23-37(26-43(29-40)52(72)73)46(65)59-16-12-57(7)13-17-59/h22-30,35H,8-21,31-34H2,1-7H3,(H,70,71)(H,72,73)(H,74,75)/t54-,55?/m0/s1. The zero-order valence-corrected chi connectivity index (χ0v) is 44.1. The van der Waals surface area contributed by atoms with Crippen LogP contribution in [0.15, 0.2) is 54.6 Å². The number of hydrogen-bond donors (Lipinski definition) is 3. The first-order valence-electron chi connectivity index (χ1n) is 25.7. The maximum atomic E-state index is 14.8. The first kappa shape index (κ1) is 55.6. The molecule has 4 heterocycles. The molecule has 3 aromatic rings. The van der Waals surface area contributed by atoms with E-state index in [1.165, 1.54) is 59.5 Å². The molecule has 20 heteroatoms. The molecule has 4 saturated heterocycles. The summed E-state index contributed by atoms with van der Waals surface area (Å²) in [4.78, 5) is 137. The Bertz CT molecular complexity index is 2770. The Kier molecular flexibility index (Phi) is 16.8. The zero-order chi connectivity index (χ0) is 54.7. The topological polar surface area (TPSA) is 240 Å². The number of nitrogens with zero attached hydrogens (tertiary/aromatic N) is 8. The Morgan fingerprint density at radius 3 is 0.840 bits per heavy atom. The Morgan fingerprint density at radius 1 is 0.387 bits per heavy atom. The van der Waals surface area contributed by atoms with Gasteiger partial charge in [-0.3, -0.25) is 28.8 Å². The smallest absolute Gasteiger partial charge is 0.335 e. The number of aromatic carboxylic acids is 3. The molecule has 0 bridgehead atoms. The molecule has 75 heavy (non-hydrogen) atoms. The minimum atomic E-state index is -1.37. The monoisotopic (exact) mass is 1030 g/mol. The van der Waals surface area contributed by atoms with Crippen LogP contribution in [0, 0.1) is 16.7 Å². The van der Waals surface area contributed by atoms with Gasteiger partial charge in [-0.1, -0.05) is 34.6 Å². The quantitative estimate of drug-likeness (QED) is 0.230. The molecular weight excluding hydrogens is 965 g/mol. The van der Waals surface area contributed by atoms with Crippen LogP contribution in [0.3, 0.4) is 0 Å². The molecule has 2 atom stereocenters. The lowest BCUT2D eigenvalue weighted by molar-refractivity contribution is 0.0543. The van der Waals surface area contributed by atoms with E-state index in [0.717, 1.165) is 0 Å². The van der Waals surface area contributed by atoms with Crippen molar-refractivity contribution in [2.24, 2.45) is 16.7 Å². The highest BCUT2D eigenvalue weighted by atomic mass is 16.4. The minimum Gasteiger partial charge on any atom is -0.478 e. The minimum absolute atomic E-state index is 0.0106. The Morgan fingerprint density at radius 2 is 0.613 bits per heavy atom. The summed E-state index contributed by atoms with van der Waals surface area (Å²) in [5, 5.41) is 30.4. The van der Waals surface area contributed by atoms with E-state index in [-0.39, 0.29) is 120 Å². The number of carboxylic acids is 3. The van der Waals surface area contributed by atoms with Crippen molar-refractivity contribution in [1.82, 2.24) is 39.2 Å². The number of amides is 6. The van der Waals surface area contributed by atoms with Crippen LogP contribution < -0.4 is 0 Å². The second-order valence-electron chi connectivity index (χ2n) is 21.4. The normalized spacial score (nSPS) is 21.1. The number of benzene rings is 3. The van der Waals surface area contributed by atoms with Crippen LogP contribution in [0.4, 0.5) is 0 Å². The molecule has 7 rings (SSSR count). The highest BCUT2D eigenvalue weighted by Crippen LogP contribution is 2.37. The Hall–Kier alpha value is -7.19. The molecular formula is C55H70N8O12. The molecule has 4 aliphatic heterocycles. The molecule has 402 valence electrons. The van der Waals surface area contributed by atoms with E-state index >= 15 is 0 Å². The van der Waals surface area contributed by atoms with E-state index < -0.39 is 52.4 Å². The first-order chi connectivity index (χ1) is 35.4. The van der Waals surface area contributed by atoms with Gasteiger partial charge in [0.25, 0.3) is 35.4 Å². The van der Waals surface area contributed by atoms with Gasteiger partial charge in [0.15, 0.2) is 0 Å². The molecule has 4 fully saturated rings. The van der Waals surface area contributed by atoms with E-state index in [2.05, 4.69) is 9.80 Å². The molecule has 0 radical (unpaired) electrons. The average molecular weight is 1040 g/mol. The SMILES string of the molecule is CCC1(C(C)C)CN(C(=O)c2cc(C(=O)O)cc(C(=O)N3CCN(C)CC3)c2)CCN(C(=O)c2cc(C(=O)O)cc(C(=O)N3CCN(C(=O)c4cc(C(=O)O)cc(C(=O)N5CCN(C)CC5)c4)C[C@](C)(CC)C3)c2)C1. The fourth-order valence-electron chi connectivity index (χ4n) is 10.6. The Labute approximate surface area is 437 Å². The fourth-order valence-corrected chi connectivity index (χ4v) is 10.6. The van der Waals surface area contributed by atoms with E-state index in [4.69, 9.17) is 0 Å². The third-order valence-electron chi connectivity index (χ3n) is 16.0. The summed E-state index contributed by atoms with van der Waals surface area (Å²) in [7, 11) is 3.90. The number of carbonyl (C=O) groups excluding carboxylic acids is 6. The highest BCUT2D eigenvalue weighted by Gasteiger charge is 2.42. The number of rotatable bonds is 12. The van der Waals surface area contributed by atoms with Crippen molar-refractivity contribution in [3.05, 3.63) is 105 Å². The van der Waals surface area contributed by atoms with Crippen LogP contribution in [0.25, 0.3) is 0 Å². The third kappa shape index (κ3) is 12.3. The second-order valence-corrected chi connectivity index (χ2v) is 21.4. The van der Waals surface area contributed by atoms with Crippen molar-refractivity contribution in [3.63, 3.8) is 0 Å². The van der Waals surface area contributed by atoms with E-state index in [1.54, 1.807) is 24.5 Å². The average Bonchev–Trinajstić information content (AvgIpc) is 3.72. The van der Waals surface area contributed by atoms with Gasteiger partial charge in [-0.2, -0.15) is 0 Å². The maximum Gasteiger partial charge on any atom is 0.335 e. The maximum absolute atomic E-state index is 14.8. The molecule has 0 saturated carbocycles. The molecule has 0 aromatic heterocycles. The molecule has 6 amide bonds. The first-order valence-corrected chi connectivity index (χ1v) is 25.7. The molecule has 3 aromatic carbocycles. The zero-order valence-electron chi connectivity index (χ0n) is 44.1. The van der Waals surface area contributed by atoms with Gasteiger partial charge < -0.3 is 54.5 Å². The van der Waals surface area contributed by atoms with Gasteiger partial charge in [-0.15, -0.1) is 0 Å². The number of hydrogen-bond acceptors (Lipinski definition) is 11. The summed E-state index contributed by atoms with van der Waals surface area (Å²) in [6.07, 6.45) is 1.02. The summed E-state index contributed by atoms with van der Waals surface area (Å²) in [5.74, 6) is -6.97. The van der Waals surface area contributed by atoms with Gasteiger partial charge in [0, 0.05) is 149 Å². The number of likely N-dealkylation sites (N-methyl/N-ethyl adjacent to an activating group) is 2. The van der Waals surface area contributed by atoms with Crippen molar-refractivity contribution in [2.45, 2.75) is 47.5 Å². The van der Waals surface area contributed by atoms with Crippen molar-refractivity contribution < 1.29 is 58.5 Å². The molecule has 4 aliphatic rings. The van der Waals surface area contributed by atoms with Gasteiger partial charge in [-0.05, 0) is 87.5 Å². The molecule has 0 spiro atoms. The lowest BCUT2D eigenvalue weighted by atomic mass is 9.74. The summed E-state index contributed by atoms with van der Waals surface area (Å²) < 4.78 is 0. The number of carbonyl (C=O) groups is 9. The number of carboxylic acid groups (broad SMARTS) is 3. The van der Waals surface area contributed by atoms with Crippen LogP contribution in [0.1, 0.15) is 141 Å². The van der Waals surface area contributed by atoms with Crippen molar-refractivity contribution in [3.8, 4) is 0 Å². The Balaban J connectivity index is 1.14. The number of piperazine rings is 2. The summed E-state index contributed by atoms with van der Waals surface area (Å²) in [6.45, 7) is 14.9. The van der Waals surface area contributed by atoms with E-state index in [9.17, 15) is 58.5 Å². The fraction of sp³-hybridized carbons (Fsp3) is 0.509. The molecule has 20 nitrogen and oxygen atoms in total. The van der Waals surface area contributed by atoms with Crippen molar-refractivity contribution >= 4 is 53.4 Å². The van der Waals surface area contributed by atoms with Crippen LogP contribution in [-0.2, 0) is 0 Å². The van der Waals surface area contributed by atoms with Gasteiger partial charge >= 0.3 is 17.9 Å². The lowest BCUT2D eigenvalue weighted by Crippen LogP contribution is -2.47. The lowest BCUT2D eigenvalue weighted by Gasteiger charge is -2.40. The second kappa shape index (κ2) is 22.7. The summed E-state index contributed by atoms with van der Waals surface area (Å²) in [5.41, 5.74) is -2.02. The predicted molar refractivity (Wildman–Crippen MR) is 277 cm³/mol. The van der Waals surface area contributed by atoms with Crippen molar-refractivity contribution in [2.75, 3.05) is 119 Å². The van der Waals surface area contributed by atoms with Gasteiger partial charge in [0.2, 0.25) is 0 Å². The van der Waals surface area contributed by atoms with Crippen LogP contribution >= 0.6 is 0 Å². The predicted octanol–water partition coefficient (Wildman–Crippen LogP) is 4.22. The van der Waals surface area contributed by atoms with Gasteiger partial charge in [-0.25, -0.2) is 14.4 Å². The molecule has 0 aliphatic carbocycles.